The van der Waals surface area contributed by atoms with Crippen molar-refractivity contribution in [2.45, 2.75) is 6.18 Å². The number of hydrogen-bond donors (Lipinski definition) is 2. The molecule has 2 rings (SSSR count). The van der Waals surface area contributed by atoms with Gasteiger partial charge in [-0.15, -0.1) is 0 Å². The molecular weight excluding hydrogens is 323 g/mol. The highest BCUT2D eigenvalue weighted by Crippen LogP contribution is 2.37. The number of anilines is 3. The summed E-state index contributed by atoms with van der Waals surface area (Å²) in [6.45, 7) is 0. The van der Waals surface area contributed by atoms with Crippen LogP contribution < -0.4 is 11.1 Å². The average molecular weight is 332 g/mol. The van der Waals surface area contributed by atoms with Crippen LogP contribution in [0.15, 0.2) is 41.0 Å². The van der Waals surface area contributed by atoms with E-state index >= 15 is 0 Å². The predicted molar refractivity (Wildman–Crippen MR) is 71.1 cm³/mol. The van der Waals surface area contributed by atoms with Crippen LogP contribution in [0, 0.1) is 0 Å². The Hall–Kier alpha value is -1.76. The van der Waals surface area contributed by atoms with Crippen molar-refractivity contribution in [2.75, 3.05) is 11.1 Å². The Morgan fingerprint density at radius 1 is 1.21 bits per heavy atom. The van der Waals surface area contributed by atoms with Crippen LogP contribution in [0.4, 0.5) is 30.4 Å². The molecule has 0 fully saturated rings. The fourth-order valence-corrected chi connectivity index (χ4v) is 1.95. The molecule has 0 spiro atoms. The van der Waals surface area contributed by atoms with Gasteiger partial charge in [-0.3, -0.25) is 0 Å². The van der Waals surface area contributed by atoms with Gasteiger partial charge in [0, 0.05) is 16.4 Å². The number of nitrogen functional groups attached to an aromatic ring is 1. The second kappa shape index (κ2) is 5.08. The molecule has 3 N–H and O–H groups in total. The molecule has 3 nitrogen and oxygen atoms in total. The van der Waals surface area contributed by atoms with Crippen LogP contribution in [0.2, 0.25) is 0 Å². The minimum absolute atomic E-state index is 0.0143. The quantitative estimate of drug-likeness (QED) is 0.867. The molecule has 0 bridgehead atoms. The zero-order valence-electron chi connectivity index (χ0n) is 9.50. The molecule has 0 aliphatic rings. The van der Waals surface area contributed by atoms with Gasteiger partial charge < -0.3 is 11.1 Å². The van der Waals surface area contributed by atoms with E-state index < -0.39 is 11.7 Å². The molecule has 100 valence electrons. The van der Waals surface area contributed by atoms with Crippen molar-refractivity contribution in [2.24, 2.45) is 0 Å². The third-order valence-electron chi connectivity index (χ3n) is 2.37. The van der Waals surface area contributed by atoms with Crippen LogP contribution in [0.25, 0.3) is 0 Å². The second-order valence-corrected chi connectivity index (χ2v) is 4.61. The molecule has 1 aromatic heterocycles. The summed E-state index contributed by atoms with van der Waals surface area (Å²) < 4.78 is 38.2. The maximum Gasteiger partial charge on any atom is 0.417 e. The minimum Gasteiger partial charge on any atom is -0.396 e. The fraction of sp³-hybridized carbons (Fsp3) is 0.0833. The number of nitrogens with zero attached hydrogens (tertiary/aromatic N) is 1. The molecule has 0 aliphatic carbocycles. The first-order valence-electron chi connectivity index (χ1n) is 5.22. The molecule has 0 saturated carbocycles. The van der Waals surface area contributed by atoms with E-state index in [9.17, 15) is 13.2 Å². The Morgan fingerprint density at radius 2 is 1.95 bits per heavy atom. The van der Waals surface area contributed by atoms with E-state index in [-0.39, 0.29) is 10.2 Å². The summed E-state index contributed by atoms with van der Waals surface area (Å²) in [6, 6.07) is 7.08. The molecule has 1 heterocycles. The highest BCUT2D eigenvalue weighted by Gasteiger charge is 2.33. The third kappa shape index (κ3) is 3.17. The number of rotatable bonds is 2. The number of nitrogens with one attached hydrogen (secondary N) is 1. The van der Waals surface area contributed by atoms with Gasteiger partial charge in [-0.1, -0.05) is 15.9 Å². The molecule has 19 heavy (non-hydrogen) atoms. The number of pyridine rings is 1. The SMILES string of the molecule is Nc1cccnc1Nc1ccc(Br)c(C(F)(F)F)c1. The molecular formula is C12H9BrF3N3. The van der Waals surface area contributed by atoms with Crippen LogP contribution in [-0.2, 0) is 6.18 Å². The fourth-order valence-electron chi connectivity index (χ4n) is 1.48. The highest BCUT2D eigenvalue weighted by molar-refractivity contribution is 9.10. The predicted octanol–water partition coefficient (Wildman–Crippen LogP) is 4.19. The standard InChI is InChI=1S/C12H9BrF3N3/c13-9-4-3-7(6-8(9)12(14,15)16)19-11-10(17)2-1-5-18-11/h1-6H,17H2,(H,18,19). The second-order valence-electron chi connectivity index (χ2n) is 3.76. The zero-order valence-corrected chi connectivity index (χ0v) is 11.1. The van der Waals surface area contributed by atoms with Crippen LogP contribution in [-0.4, -0.2) is 4.98 Å². The molecule has 0 unspecified atom stereocenters. The molecule has 2 aromatic rings. The Balaban J connectivity index is 2.35. The molecule has 0 saturated heterocycles. The molecule has 0 atom stereocenters. The van der Waals surface area contributed by atoms with E-state index in [2.05, 4.69) is 26.2 Å². The minimum atomic E-state index is -4.42. The largest absolute Gasteiger partial charge is 0.417 e. The number of alkyl halides is 3. The maximum atomic E-state index is 12.7. The smallest absolute Gasteiger partial charge is 0.396 e. The third-order valence-corrected chi connectivity index (χ3v) is 3.06. The van der Waals surface area contributed by atoms with Crippen molar-refractivity contribution in [1.82, 2.24) is 4.98 Å². The first kappa shape index (κ1) is 13.7. The van der Waals surface area contributed by atoms with E-state index in [0.717, 1.165) is 6.07 Å². The van der Waals surface area contributed by atoms with Gasteiger partial charge in [0.05, 0.1) is 11.3 Å². The molecule has 7 heteroatoms. The van der Waals surface area contributed by atoms with Gasteiger partial charge in [-0.2, -0.15) is 13.2 Å². The van der Waals surface area contributed by atoms with Gasteiger partial charge in [0.1, 0.15) is 0 Å². The van der Waals surface area contributed by atoms with E-state index in [4.69, 9.17) is 5.73 Å². The van der Waals surface area contributed by atoms with Crippen LogP contribution in [0.3, 0.4) is 0 Å². The van der Waals surface area contributed by atoms with Gasteiger partial charge in [-0.05, 0) is 30.3 Å². The van der Waals surface area contributed by atoms with Gasteiger partial charge in [0.15, 0.2) is 5.82 Å². The van der Waals surface area contributed by atoms with Crippen LogP contribution >= 0.6 is 15.9 Å². The Kier molecular flexibility index (Phi) is 3.66. The van der Waals surface area contributed by atoms with Gasteiger partial charge in [-0.25, -0.2) is 4.98 Å². The van der Waals surface area contributed by atoms with Crippen molar-refractivity contribution < 1.29 is 13.2 Å². The highest BCUT2D eigenvalue weighted by atomic mass is 79.9. The van der Waals surface area contributed by atoms with Crippen molar-refractivity contribution in [1.29, 1.82) is 0 Å². The summed E-state index contributed by atoms with van der Waals surface area (Å²) in [5.41, 5.74) is 5.53. The van der Waals surface area contributed by atoms with Crippen molar-refractivity contribution in [3.05, 3.63) is 46.6 Å². The first-order chi connectivity index (χ1) is 8.88. The lowest BCUT2D eigenvalue weighted by Gasteiger charge is -2.13. The number of halogens is 4. The van der Waals surface area contributed by atoms with Gasteiger partial charge >= 0.3 is 6.18 Å². The number of aromatic nitrogens is 1. The zero-order chi connectivity index (χ0) is 14.0. The first-order valence-corrected chi connectivity index (χ1v) is 6.01. The van der Waals surface area contributed by atoms with E-state index in [1.54, 1.807) is 12.1 Å². The summed E-state index contributed by atoms with van der Waals surface area (Å²) in [7, 11) is 0. The topological polar surface area (TPSA) is 50.9 Å². The van der Waals surface area contributed by atoms with Crippen LogP contribution in [0.5, 0.6) is 0 Å². The maximum absolute atomic E-state index is 12.7. The summed E-state index contributed by atoms with van der Waals surface area (Å²) >= 11 is 2.88. The normalized spacial score (nSPS) is 11.4. The monoisotopic (exact) mass is 331 g/mol. The van der Waals surface area contributed by atoms with E-state index in [1.165, 1.54) is 18.3 Å². The van der Waals surface area contributed by atoms with Crippen molar-refractivity contribution >= 4 is 33.1 Å². The molecule has 0 amide bonds. The Labute approximate surface area is 115 Å². The van der Waals surface area contributed by atoms with E-state index in [1.807, 2.05) is 0 Å². The summed E-state index contributed by atoms with van der Waals surface area (Å²) in [5.74, 6) is 0.318. The summed E-state index contributed by atoms with van der Waals surface area (Å²) in [6.07, 6.45) is -2.92. The lowest BCUT2D eigenvalue weighted by molar-refractivity contribution is -0.138. The lowest BCUT2D eigenvalue weighted by Crippen LogP contribution is -2.07. The number of nitrogens with two attached hydrogens (primary N) is 1. The number of hydrogen-bond acceptors (Lipinski definition) is 3. The van der Waals surface area contributed by atoms with Gasteiger partial charge in [0.25, 0.3) is 0 Å². The Morgan fingerprint density at radius 3 is 2.58 bits per heavy atom. The lowest BCUT2D eigenvalue weighted by atomic mass is 10.2. The average Bonchev–Trinajstić information content (AvgIpc) is 2.33. The van der Waals surface area contributed by atoms with E-state index in [0.29, 0.717) is 11.5 Å². The summed E-state index contributed by atoms with van der Waals surface area (Å²) in [5, 5.41) is 2.75. The molecule has 0 aliphatic heterocycles. The van der Waals surface area contributed by atoms with Crippen molar-refractivity contribution in [3.63, 3.8) is 0 Å². The molecule has 1 aromatic carbocycles. The van der Waals surface area contributed by atoms with Gasteiger partial charge in [0.2, 0.25) is 0 Å². The van der Waals surface area contributed by atoms with Crippen LogP contribution in [0.1, 0.15) is 5.56 Å². The molecule has 0 radical (unpaired) electrons. The summed E-state index contributed by atoms with van der Waals surface area (Å²) in [4.78, 5) is 3.96. The van der Waals surface area contributed by atoms with Crippen molar-refractivity contribution in [3.8, 4) is 0 Å². The number of benzene rings is 1. The Bertz CT molecular complexity index is 599.